The van der Waals surface area contributed by atoms with Gasteiger partial charge < -0.3 is 14.8 Å². The van der Waals surface area contributed by atoms with Crippen molar-refractivity contribution in [1.29, 1.82) is 0 Å². The van der Waals surface area contributed by atoms with Gasteiger partial charge in [-0.15, -0.1) is 0 Å². The van der Waals surface area contributed by atoms with Gasteiger partial charge in [0.25, 0.3) is 5.91 Å². The Morgan fingerprint density at radius 1 is 1.06 bits per heavy atom. The number of benzene rings is 2. The number of aryl methyl sites for hydroxylation is 2. The third kappa shape index (κ3) is 5.66. The minimum Gasteiger partial charge on any atom is -0.493 e. The second-order valence-electron chi connectivity index (χ2n) is 8.06. The van der Waals surface area contributed by atoms with Crippen molar-refractivity contribution in [1.82, 2.24) is 15.1 Å². The number of hydrogen-bond donors (Lipinski definition) is 1. The number of methoxy groups -OCH3 is 1. The molecular weight excluding hydrogens is 390 g/mol. The minimum atomic E-state index is -0.186. The molecule has 0 aliphatic carbocycles. The lowest BCUT2D eigenvalue weighted by Gasteiger charge is -2.18. The normalized spacial score (nSPS) is 12.0. The Hall–Kier alpha value is -3.28. The molecule has 0 saturated carbocycles. The number of carbonyl (C=O) groups is 1. The van der Waals surface area contributed by atoms with Crippen LogP contribution in [0.5, 0.6) is 11.5 Å². The highest BCUT2D eigenvalue weighted by Crippen LogP contribution is 2.31. The molecule has 1 aromatic heterocycles. The molecular formula is C25H31N3O3. The molecule has 0 radical (unpaired) electrons. The summed E-state index contributed by atoms with van der Waals surface area (Å²) in [7, 11) is 1.61. The molecule has 1 heterocycles. The monoisotopic (exact) mass is 421 g/mol. The van der Waals surface area contributed by atoms with Gasteiger partial charge in [-0.1, -0.05) is 18.2 Å². The maximum atomic E-state index is 12.9. The van der Waals surface area contributed by atoms with Crippen LogP contribution in [0.2, 0.25) is 0 Å². The van der Waals surface area contributed by atoms with Gasteiger partial charge in [-0.25, -0.2) is 0 Å². The first-order valence-corrected chi connectivity index (χ1v) is 10.5. The first-order chi connectivity index (χ1) is 14.8. The van der Waals surface area contributed by atoms with E-state index in [-0.39, 0.29) is 18.1 Å². The van der Waals surface area contributed by atoms with Crippen molar-refractivity contribution in [2.75, 3.05) is 7.11 Å². The lowest BCUT2D eigenvalue weighted by Crippen LogP contribution is -2.26. The summed E-state index contributed by atoms with van der Waals surface area (Å²) >= 11 is 0. The quantitative estimate of drug-likeness (QED) is 0.565. The zero-order valence-electron chi connectivity index (χ0n) is 19.1. The third-order valence-corrected chi connectivity index (χ3v) is 5.02. The fourth-order valence-electron chi connectivity index (χ4n) is 3.49. The van der Waals surface area contributed by atoms with Crippen LogP contribution in [-0.4, -0.2) is 28.9 Å². The van der Waals surface area contributed by atoms with Crippen LogP contribution in [0.1, 0.15) is 59.7 Å². The summed E-state index contributed by atoms with van der Waals surface area (Å²) in [6.45, 7) is 10.5. The van der Waals surface area contributed by atoms with Gasteiger partial charge in [0.05, 0.1) is 31.5 Å². The average Bonchev–Trinajstić information content (AvgIpc) is 3.04. The van der Waals surface area contributed by atoms with Gasteiger partial charge in [-0.3, -0.25) is 9.48 Å². The topological polar surface area (TPSA) is 65.4 Å². The van der Waals surface area contributed by atoms with Gasteiger partial charge in [0.1, 0.15) is 0 Å². The Balaban J connectivity index is 1.71. The molecule has 6 nitrogen and oxygen atoms in total. The number of carbonyl (C=O) groups excluding carboxylic acids is 1. The lowest BCUT2D eigenvalue weighted by molar-refractivity contribution is 0.0939. The molecule has 3 rings (SSSR count). The predicted molar refractivity (Wildman–Crippen MR) is 122 cm³/mol. The lowest BCUT2D eigenvalue weighted by atomic mass is 10.1. The first kappa shape index (κ1) is 22.4. The van der Waals surface area contributed by atoms with E-state index in [0.717, 1.165) is 22.5 Å². The number of rotatable bonds is 8. The molecule has 2 aromatic carbocycles. The predicted octanol–water partition coefficient (Wildman–Crippen LogP) is 4.84. The average molecular weight is 422 g/mol. The summed E-state index contributed by atoms with van der Waals surface area (Å²) < 4.78 is 13.2. The third-order valence-electron chi connectivity index (χ3n) is 5.02. The number of aromatic nitrogens is 2. The molecule has 0 saturated heterocycles. The molecule has 31 heavy (non-hydrogen) atoms. The molecule has 0 spiro atoms. The highest BCUT2D eigenvalue weighted by atomic mass is 16.5. The first-order valence-electron chi connectivity index (χ1n) is 10.5. The highest BCUT2D eigenvalue weighted by molar-refractivity contribution is 5.94. The molecule has 3 aromatic rings. The summed E-state index contributed by atoms with van der Waals surface area (Å²) in [6.07, 6.45) is 0.0543. The Morgan fingerprint density at radius 3 is 2.48 bits per heavy atom. The second-order valence-corrected chi connectivity index (χ2v) is 8.06. The number of ether oxygens (including phenoxy) is 2. The van der Waals surface area contributed by atoms with Crippen LogP contribution in [-0.2, 0) is 6.54 Å². The largest absolute Gasteiger partial charge is 0.493 e. The summed E-state index contributed by atoms with van der Waals surface area (Å²) in [5.74, 6) is 1.22. The maximum absolute atomic E-state index is 12.9. The molecule has 1 N–H and O–H groups in total. The van der Waals surface area contributed by atoms with Gasteiger partial charge in [0.15, 0.2) is 11.5 Å². The number of nitrogens with one attached hydrogen (secondary N) is 1. The Kier molecular flexibility index (Phi) is 7.00. The van der Waals surface area contributed by atoms with Gasteiger partial charge in [0.2, 0.25) is 0 Å². The summed E-state index contributed by atoms with van der Waals surface area (Å²) in [5, 5.41) is 7.58. The van der Waals surface area contributed by atoms with E-state index in [1.807, 2.05) is 87.8 Å². The molecule has 6 heteroatoms. The van der Waals surface area contributed by atoms with Crippen molar-refractivity contribution < 1.29 is 14.3 Å². The van der Waals surface area contributed by atoms with Crippen LogP contribution in [0.25, 0.3) is 0 Å². The van der Waals surface area contributed by atoms with Crippen molar-refractivity contribution in [3.63, 3.8) is 0 Å². The molecule has 1 unspecified atom stereocenters. The summed E-state index contributed by atoms with van der Waals surface area (Å²) in [4.78, 5) is 12.9. The van der Waals surface area contributed by atoms with E-state index in [0.29, 0.717) is 23.6 Å². The molecule has 0 aliphatic heterocycles. The Bertz CT molecular complexity index is 1060. The van der Waals surface area contributed by atoms with Crippen molar-refractivity contribution >= 4 is 5.91 Å². The molecule has 164 valence electrons. The van der Waals surface area contributed by atoms with Crippen molar-refractivity contribution in [3.05, 3.63) is 76.6 Å². The second kappa shape index (κ2) is 9.69. The van der Waals surface area contributed by atoms with Crippen molar-refractivity contribution in [2.45, 2.75) is 53.3 Å². The molecule has 1 atom stereocenters. The standard InChI is InChI=1S/C25H31N3O3/c1-16(2)31-23-11-10-21(14-24(23)30-6)19(5)26-25(29)22-9-7-8-20(13-22)15-28-18(4)12-17(3)27-28/h7-14,16,19H,15H2,1-6H3,(H,26,29). The van der Waals surface area contributed by atoms with Crippen LogP contribution < -0.4 is 14.8 Å². The maximum Gasteiger partial charge on any atom is 0.251 e. The van der Waals surface area contributed by atoms with Gasteiger partial charge >= 0.3 is 0 Å². The molecule has 1 amide bonds. The van der Waals surface area contributed by atoms with Crippen molar-refractivity contribution in [3.8, 4) is 11.5 Å². The van der Waals surface area contributed by atoms with Crippen LogP contribution >= 0.6 is 0 Å². The van der Waals surface area contributed by atoms with E-state index in [2.05, 4.69) is 10.4 Å². The SMILES string of the molecule is COc1cc(C(C)NC(=O)c2cccc(Cn3nc(C)cc3C)c2)ccc1OC(C)C. The minimum absolute atomic E-state index is 0.0543. The van der Waals surface area contributed by atoms with Gasteiger partial charge in [-0.05, 0) is 76.1 Å². The van der Waals surface area contributed by atoms with Gasteiger partial charge in [-0.2, -0.15) is 5.10 Å². The van der Waals surface area contributed by atoms with E-state index < -0.39 is 0 Å². The zero-order chi connectivity index (χ0) is 22.5. The fraction of sp³-hybridized carbons (Fsp3) is 0.360. The zero-order valence-corrected chi connectivity index (χ0v) is 19.1. The molecule has 0 aliphatic rings. The smallest absolute Gasteiger partial charge is 0.251 e. The van der Waals surface area contributed by atoms with Crippen LogP contribution in [0.15, 0.2) is 48.5 Å². The van der Waals surface area contributed by atoms with Crippen LogP contribution in [0.4, 0.5) is 0 Å². The summed E-state index contributed by atoms with van der Waals surface area (Å²) in [6, 6.07) is 15.2. The number of nitrogens with zero attached hydrogens (tertiary/aromatic N) is 2. The van der Waals surface area contributed by atoms with Crippen LogP contribution in [0.3, 0.4) is 0 Å². The highest BCUT2D eigenvalue weighted by Gasteiger charge is 2.15. The van der Waals surface area contributed by atoms with E-state index in [4.69, 9.17) is 9.47 Å². The van der Waals surface area contributed by atoms with E-state index in [1.54, 1.807) is 7.11 Å². The molecule has 0 fully saturated rings. The Labute approximate surface area is 184 Å². The van der Waals surface area contributed by atoms with E-state index >= 15 is 0 Å². The van der Waals surface area contributed by atoms with E-state index in [1.165, 1.54) is 0 Å². The van der Waals surface area contributed by atoms with Gasteiger partial charge in [0, 0.05) is 11.3 Å². The van der Waals surface area contributed by atoms with Crippen molar-refractivity contribution in [2.24, 2.45) is 0 Å². The van der Waals surface area contributed by atoms with E-state index in [9.17, 15) is 4.79 Å². The number of hydrogen-bond acceptors (Lipinski definition) is 4. The number of amides is 1. The fourth-order valence-corrected chi connectivity index (χ4v) is 3.49. The Morgan fingerprint density at radius 2 is 1.84 bits per heavy atom. The summed E-state index contributed by atoms with van der Waals surface area (Å²) in [5.41, 5.74) is 4.68. The van der Waals surface area contributed by atoms with Crippen LogP contribution in [0, 0.1) is 13.8 Å². The molecule has 0 bridgehead atoms.